The Hall–Kier alpha value is -0.570. The van der Waals surface area contributed by atoms with Gasteiger partial charge in [0.1, 0.15) is 11.0 Å². The van der Waals surface area contributed by atoms with Gasteiger partial charge in [0.15, 0.2) is 0 Å². The van der Waals surface area contributed by atoms with Gasteiger partial charge in [-0.05, 0) is 32.1 Å². The number of cyclic esters (lactones) is 1. The number of esters is 1. The van der Waals surface area contributed by atoms with Crippen LogP contribution in [0.5, 0.6) is 0 Å². The Kier molecular flexibility index (Phi) is 1.86. The maximum absolute atomic E-state index is 12.2. The van der Waals surface area contributed by atoms with Crippen molar-refractivity contribution in [3.05, 3.63) is 0 Å². The molecule has 5 atom stereocenters. The molecule has 3 saturated heterocycles. The summed E-state index contributed by atoms with van der Waals surface area (Å²) in [6.07, 6.45) is 2.03. The maximum Gasteiger partial charge on any atom is 0.315 e. The van der Waals surface area contributed by atoms with E-state index in [1.807, 2.05) is 13.8 Å². The first-order chi connectivity index (χ1) is 7.36. The van der Waals surface area contributed by atoms with Crippen LogP contribution in [0.15, 0.2) is 0 Å². The van der Waals surface area contributed by atoms with Crippen molar-refractivity contribution in [2.45, 2.75) is 58.3 Å². The molecule has 3 nitrogen and oxygen atoms in total. The zero-order valence-electron chi connectivity index (χ0n) is 10.4. The second kappa shape index (κ2) is 2.81. The standard InChI is InChI=1S/C13H20O3/c1-7-8(2)10-13(5-9(7)15-10)6-12(3,4)16-11(13)14/h7-10H,5-6H2,1-4H3. The van der Waals surface area contributed by atoms with Crippen LogP contribution in [0.3, 0.4) is 0 Å². The highest BCUT2D eigenvalue weighted by Gasteiger charge is 2.67. The Morgan fingerprint density at radius 3 is 2.38 bits per heavy atom. The van der Waals surface area contributed by atoms with Crippen LogP contribution in [-0.2, 0) is 14.3 Å². The fourth-order valence-corrected chi connectivity index (χ4v) is 3.99. The van der Waals surface area contributed by atoms with Crippen molar-refractivity contribution in [1.29, 1.82) is 0 Å². The molecule has 3 aliphatic rings. The van der Waals surface area contributed by atoms with Crippen molar-refractivity contribution in [2.75, 3.05) is 0 Å². The van der Waals surface area contributed by atoms with Gasteiger partial charge >= 0.3 is 5.97 Å². The van der Waals surface area contributed by atoms with E-state index in [0.29, 0.717) is 11.8 Å². The number of hydrogen-bond acceptors (Lipinski definition) is 3. The molecule has 0 radical (unpaired) electrons. The van der Waals surface area contributed by atoms with Crippen LogP contribution < -0.4 is 0 Å². The highest BCUT2D eigenvalue weighted by molar-refractivity contribution is 5.81. The van der Waals surface area contributed by atoms with E-state index in [4.69, 9.17) is 9.47 Å². The van der Waals surface area contributed by atoms with E-state index in [-0.39, 0.29) is 29.2 Å². The van der Waals surface area contributed by atoms with Crippen molar-refractivity contribution in [2.24, 2.45) is 17.3 Å². The average Bonchev–Trinajstić information content (AvgIpc) is 2.71. The van der Waals surface area contributed by atoms with Crippen LogP contribution in [0.25, 0.3) is 0 Å². The minimum atomic E-state index is -0.333. The van der Waals surface area contributed by atoms with Gasteiger partial charge in [-0.25, -0.2) is 0 Å². The molecule has 0 aromatic rings. The predicted octanol–water partition coefficient (Wildman–Crippen LogP) is 2.14. The summed E-state index contributed by atoms with van der Waals surface area (Å²) >= 11 is 0. The zero-order chi connectivity index (χ0) is 11.7. The second-order valence-corrected chi connectivity index (χ2v) is 6.50. The monoisotopic (exact) mass is 224 g/mol. The molecule has 3 heteroatoms. The molecule has 0 saturated carbocycles. The predicted molar refractivity (Wildman–Crippen MR) is 58.8 cm³/mol. The van der Waals surface area contributed by atoms with Gasteiger partial charge < -0.3 is 9.47 Å². The van der Waals surface area contributed by atoms with Crippen LogP contribution in [-0.4, -0.2) is 23.8 Å². The van der Waals surface area contributed by atoms with Crippen molar-refractivity contribution < 1.29 is 14.3 Å². The lowest BCUT2D eigenvalue weighted by Crippen LogP contribution is -2.43. The summed E-state index contributed by atoms with van der Waals surface area (Å²) < 4.78 is 11.5. The topological polar surface area (TPSA) is 35.5 Å². The van der Waals surface area contributed by atoms with Crippen molar-refractivity contribution in [1.82, 2.24) is 0 Å². The Morgan fingerprint density at radius 1 is 1.25 bits per heavy atom. The lowest BCUT2D eigenvalue weighted by atomic mass is 9.64. The number of fused-ring (bicyclic) bond motifs is 3. The molecule has 0 aromatic heterocycles. The summed E-state index contributed by atoms with van der Waals surface area (Å²) in [6, 6.07) is 0. The number of carbonyl (C=O) groups excluding carboxylic acids is 1. The number of ether oxygens (including phenoxy) is 2. The van der Waals surface area contributed by atoms with Gasteiger partial charge in [0, 0.05) is 6.42 Å². The van der Waals surface area contributed by atoms with E-state index in [0.717, 1.165) is 12.8 Å². The minimum absolute atomic E-state index is 0.0243. The molecule has 2 bridgehead atoms. The zero-order valence-corrected chi connectivity index (χ0v) is 10.4. The molecule has 0 amide bonds. The summed E-state index contributed by atoms with van der Waals surface area (Å²) in [4.78, 5) is 12.2. The molecule has 1 spiro atoms. The summed E-state index contributed by atoms with van der Waals surface area (Å²) in [5.41, 5.74) is -0.645. The van der Waals surface area contributed by atoms with Gasteiger partial charge in [0.2, 0.25) is 0 Å². The number of hydrogen-bond donors (Lipinski definition) is 0. The van der Waals surface area contributed by atoms with E-state index in [1.54, 1.807) is 0 Å². The molecule has 3 fully saturated rings. The smallest absolute Gasteiger partial charge is 0.315 e. The summed E-state index contributed by atoms with van der Waals surface area (Å²) in [5, 5.41) is 0. The Morgan fingerprint density at radius 2 is 1.94 bits per heavy atom. The van der Waals surface area contributed by atoms with Crippen molar-refractivity contribution in [3.8, 4) is 0 Å². The van der Waals surface area contributed by atoms with E-state index < -0.39 is 0 Å². The normalized spacial score (nSPS) is 53.6. The molecule has 0 N–H and O–H groups in total. The summed E-state index contributed by atoms with van der Waals surface area (Å²) in [6.45, 7) is 8.43. The van der Waals surface area contributed by atoms with Crippen molar-refractivity contribution >= 4 is 5.97 Å². The second-order valence-electron chi connectivity index (χ2n) is 6.50. The van der Waals surface area contributed by atoms with Gasteiger partial charge in [0.25, 0.3) is 0 Å². The first-order valence-electron chi connectivity index (χ1n) is 6.25. The van der Waals surface area contributed by atoms with Crippen LogP contribution in [0.4, 0.5) is 0 Å². The molecule has 0 aliphatic carbocycles. The van der Waals surface area contributed by atoms with Gasteiger partial charge in [-0.2, -0.15) is 0 Å². The maximum atomic E-state index is 12.2. The third-order valence-corrected chi connectivity index (χ3v) is 4.84. The molecule has 0 aromatic carbocycles. The fourth-order valence-electron chi connectivity index (χ4n) is 3.99. The Bertz CT molecular complexity index is 347. The molecule has 3 heterocycles. The number of rotatable bonds is 0. The van der Waals surface area contributed by atoms with E-state index in [1.165, 1.54) is 0 Å². The van der Waals surface area contributed by atoms with Gasteiger partial charge in [-0.1, -0.05) is 13.8 Å². The first-order valence-corrected chi connectivity index (χ1v) is 6.25. The molecular weight excluding hydrogens is 204 g/mol. The quantitative estimate of drug-likeness (QED) is 0.591. The van der Waals surface area contributed by atoms with Crippen molar-refractivity contribution in [3.63, 3.8) is 0 Å². The first kappa shape index (κ1) is 10.6. The molecule has 16 heavy (non-hydrogen) atoms. The van der Waals surface area contributed by atoms with Crippen LogP contribution in [0.2, 0.25) is 0 Å². The third-order valence-electron chi connectivity index (χ3n) is 4.84. The molecule has 3 aliphatic heterocycles. The largest absolute Gasteiger partial charge is 0.459 e. The van der Waals surface area contributed by atoms with Gasteiger partial charge in [-0.15, -0.1) is 0 Å². The van der Waals surface area contributed by atoms with Crippen LogP contribution in [0, 0.1) is 17.3 Å². The lowest BCUT2D eigenvalue weighted by molar-refractivity contribution is -0.155. The Balaban J connectivity index is 1.95. The van der Waals surface area contributed by atoms with E-state index in [2.05, 4.69) is 13.8 Å². The highest BCUT2D eigenvalue weighted by atomic mass is 16.6. The average molecular weight is 224 g/mol. The minimum Gasteiger partial charge on any atom is -0.459 e. The molecule has 5 unspecified atom stereocenters. The van der Waals surface area contributed by atoms with E-state index >= 15 is 0 Å². The Labute approximate surface area is 96.5 Å². The highest BCUT2D eigenvalue weighted by Crippen LogP contribution is 2.59. The third kappa shape index (κ3) is 1.10. The van der Waals surface area contributed by atoms with Gasteiger partial charge in [-0.3, -0.25) is 4.79 Å². The van der Waals surface area contributed by atoms with Crippen LogP contribution >= 0.6 is 0 Å². The summed E-state index contributed by atoms with van der Waals surface area (Å²) in [5.74, 6) is 1.02. The van der Waals surface area contributed by atoms with Gasteiger partial charge in [0.05, 0.1) is 12.2 Å². The fraction of sp³-hybridized carbons (Fsp3) is 0.923. The molecule has 3 rings (SSSR count). The molecule has 90 valence electrons. The van der Waals surface area contributed by atoms with E-state index in [9.17, 15) is 4.79 Å². The lowest BCUT2D eigenvalue weighted by Gasteiger charge is -2.34. The SMILES string of the molecule is CC1C2CC3(CC(C)(C)OC3=O)C(O2)C1C. The number of carbonyl (C=O) groups is 1. The van der Waals surface area contributed by atoms with Crippen LogP contribution in [0.1, 0.15) is 40.5 Å². The molecular formula is C13H20O3. The summed E-state index contributed by atoms with van der Waals surface area (Å²) in [7, 11) is 0.